The van der Waals surface area contributed by atoms with Crippen molar-refractivity contribution in [3.05, 3.63) is 181 Å². The molecule has 0 radical (unpaired) electrons. The third-order valence-electron chi connectivity index (χ3n) is 10.9. The lowest BCUT2D eigenvalue weighted by Crippen LogP contribution is -2.14. The molecule has 0 fully saturated rings. The normalized spacial score (nSPS) is 13.2. The lowest BCUT2D eigenvalue weighted by atomic mass is 9.81. The summed E-state index contributed by atoms with van der Waals surface area (Å²) < 4.78 is 2.70. The molecule has 0 atom stereocenters. The molecule has 50 heavy (non-hydrogen) atoms. The average Bonchev–Trinajstić information content (AvgIpc) is 3.61. The van der Waals surface area contributed by atoms with Gasteiger partial charge in [0.2, 0.25) is 0 Å². The fourth-order valence-electron chi connectivity index (χ4n) is 8.40. The molecule has 1 aliphatic rings. The number of fused-ring (bicyclic) bond motifs is 9. The summed E-state index contributed by atoms with van der Waals surface area (Å²) in [4.78, 5) is 0. The van der Waals surface area contributed by atoms with Crippen molar-refractivity contribution in [1.82, 2.24) is 0 Å². The molecule has 1 aromatic heterocycles. The quantitative estimate of drug-likeness (QED) is 0.174. The largest absolute Gasteiger partial charge is 0.135 e. The summed E-state index contributed by atoms with van der Waals surface area (Å²) >= 11 is 1.89. The summed E-state index contributed by atoms with van der Waals surface area (Å²) in [6.45, 7) is 4.77. The van der Waals surface area contributed by atoms with Crippen molar-refractivity contribution < 1.29 is 0 Å². The number of hydrogen-bond donors (Lipinski definition) is 0. The van der Waals surface area contributed by atoms with Gasteiger partial charge >= 0.3 is 0 Å². The van der Waals surface area contributed by atoms with Crippen LogP contribution in [-0.2, 0) is 5.41 Å². The zero-order valence-corrected chi connectivity index (χ0v) is 28.9. The van der Waals surface area contributed by atoms with Crippen LogP contribution in [0.3, 0.4) is 0 Å². The third kappa shape index (κ3) is 4.44. The summed E-state index contributed by atoms with van der Waals surface area (Å²) in [5, 5.41) is 10.3. The average molecular weight is 655 g/mol. The van der Waals surface area contributed by atoms with Gasteiger partial charge in [-0.2, -0.15) is 0 Å². The molecule has 9 aromatic rings. The van der Waals surface area contributed by atoms with E-state index in [9.17, 15) is 0 Å². The molecule has 8 aromatic carbocycles. The SMILES string of the molecule is CC1(C)c2ccc(-c3ccccccc(-c4cccc5ccccc45)c4ccccc34)cc2-c2cc3cc4sc5ccccc5c4cc3cc21. The Balaban J connectivity index is 1.21. The fraction of sp³-hybridized carbons (Fsp3) is 0.0612. The Bertz CT molecular complexity index is 2900. The van der Waals surface area contributed by atoms with E-state index in [-0.39, 0.29) is 5.41 Å². The Morgan fingerprint density at radius 3 is 1.78 bits per heavy atom. The molecule has 0 saturated heterocycles. The van der Waals surface area contributed by atoms with E-state index in [0.29, 0.717) is 0 Å². The van der Waals surface area contributed by atoms with Gasteiger partial charge in [0.05, 0.1) is 0 Å². The summed E-state index contributed by atoms with van der Waals surface area (Å²) in [5.74, 6) is 0. The van der Waals surface area contributed by atoms with Crippen LogP contribution in [0.1, 0.15) is 25.0 Å². The van der Waals surface area contributed by atoms with Crippen molar-refractivity contribution in [1.29, 1.82) is 0 Å². The van der Waals surface area contributed by atoms with E-state index in [0.717, 1.165) is 0 Å². The van der Waals surface area contributed by atoms with Crippen LogP contribution in [0.25, 0.3) is 85.9 Å². The molecule has 0 aliphatic heterocycles. The Kier molecular flexibility index (Phi) is 6.50. The van der Waals surface area contributed by atoms with Crippen molar-refractivity contribution >= 4 is 63.8 Å². The summed E-state index contributed by atoms with van der Waals surface area (Å²) in [5.41, 5.74) is 10.3. The van der Waals surface area contributed by atoms with Gasteiger partial charge < -0.3 is 0 Å². The number of hydrogen-bond acceptors (Lipinski definition) is 1. The standard InChI is InChI=1S/C49H34S/c1-49(2)45-25-24-32(26-42(45)43-27-34-30-48-44(28-33(34)29-46(43)49)41-21-11-12-23-47(41)50-48)36-16-5-3-4-6-18-39(40-20-10-9-19-37(36)40)38-22-13-15-31-14-7-8-17-35(31)38/h3-30H,1-2H3. The first kappa shape index (κ1) is 29.2. The minimum absolute atomic E-state index is 0.0966. The summed E-state index contributed by atoms with van der Waals surface area (Å²) in [6, 6.07) is 63.1. The van der Waals surface area contributed by atoms with Gasteiger partial charge in [0.15, 0.2) is 0 Å². The lowest BCUT2D eigenvalue weighted by Gasteiger charge is -2.22. The Hall–Kier alpha value is -5.76. The molecule has 0 unspecified atom stereocenters. The zero-order valence-electron chi connectivity index (χ0n) is 28.1. The van der Waals surface area contributed by atoms with Crippen LogP contribution < -0.4 is 0 Å². The minimum Gasteiger partial charge on any atom is -0.135 e. The Labute approximate surface area is 296 Å². The monoisotopic (exact) mass is 654 g/mol. The van der Waals surface area contributed by atoms with Crippen LogP contribution in [0, 0.1) is 0 Å². The molecule has 1 heterocycles. The molecule has 0 spiro atoms. The van der Waals surface area contributed by atoms with Crippen LogP contribution in [0.15, 0.2) is 170 Å². The maximum Gasteiger partial charge on any atom is 0.0361 e. The number of rotatable bonds is 2. The third-order valence-corrected chi connectivity index (χ3v) is 12.0. The predicted octanol–water partition coefficient (Wildman–Crippen LogP) is 14.3. The molecule has 0 nitrogen and oxygen atoms in total. The molecule has 236 valence electrons. The molecular weight excluding hydrogens is 621 g/mol. The number of benzene rings is 7. The van der Waals surface area contributed by atoms with Crippen molar-refractivity contribution in [3.63, 3.8) is 0 Å². The first-order valence-corrected chi connectivity index (χ1v) is 18.2. The number of thiophene rings is 1. The van der Waals surface area contributed by atoms with Crippen molar-refractivity contribution in [2.45, 2.75) is 19.3 Å². The maximum atomic E-state index is 2.46. The van der Waals surface area contributed by atoms with E-state index in [1.807, 2.05) is 11.3 Å². The second-order valence-electron chi connectivity index (χ2n) is 14.1. The molecule has 0 amide bonds. The molecule has 1 heteroatoms. The van der Waals surface area contributed by atoms with Gasteiger partial charge in [-0.05, 0) is 113 Å². The second-order valence-corrected chi connectivity index (χ2v) is 15.2. The van der Waals surface area contributed by atoms with Gasteiger partial charge in [-0.15, -0.1) is 11.3 Å². The van der Waals surface area contributed by atoms with E-state index in [1.54, 1.807) is 0 Å². The van der Waals surface area contributed by atoms with Crippen LogP contribution in [-0.4, -0.2) is 0 Å². The molecule has 0 bridgehead atoms. The first-order valence-electron chi connectivity index (χ1n) is 17.4. The minimum atomic E-state index is -0.0966. The van der Waals surface area contributed by atoms with Gasteiger partial charge in [-0.25, -0.2) is 0 Å². The molecule has 1 aliphatic carbocycles. The van der Waals surface area contributed by atoms with Gasteiger partial charge in [-0.1, -0.05) is 147 Å². The van der Waals surface area contributed by atoms with E-state index in [4.69, 9.17) is 0 Å². The fourth-order valence-corrected chi connectivity index (χ4v) is 9.53. The predicted molar refractivity (Wildman–Crippen MR) is 218 cm³/mol. The first-order chi connectivity index (χ1) is 24.5. The van der Waals surface area contributed by atoms with Gasteiger partial charge in [0, 0.05) is 25.6 Å². The topological polar surface area (TPSA) is 0 Å². The molecule has 10 rings (SSSR count). The highest BCUT2D eigenvalue weighted by molar-refractivity contribution is 7.25. The highest BCUT2D eigenvalue weighted by atomic mass is 32.1. The van der Waals surface area contributed by atoms with Gasteiger partial charge in [0.25, 0.3) is 0 Å². The van der Waals surface area contributed by atoms with Crippen molar-refractivity contribution in [2.24, 2.45) is 0 Å². The Morgan fingerprint density at radius 1 is 0.340 bits per heavy atom. The van der Waals surface area contributed by atoms with Gasteiger partial charge in [0.1, 0.15) is 0 Å². The summed E-state index contributed by atoms with van der Waals surface area (Å²) in [7, 11) is 0. The second kappa shape index (κ2) is 11.1. The van der Waals surface area contributed by atoms with Crippen LogP contribution in [0.5, 0.6) is 0 Å². The highest BCUT2D eigenvalue weighted by Gasteiger charge is 2.36. The van der Waals surface area contributed by atoms with Crippen molar-refractivity contribution in [2.75, 3.05) is 0 Å². The van der Waals surface area contributed by atoms with Crippen LogP contribution in [0.2, 0.25) is 0 Å². The van der Waals surface area contributed by atoms with Crippen molar-refractivity contribution in [3.8, 4) is 33.4 Å². The lowest BCUT2D eigenvalue weighted by molar-refractivity contribution is 0.661. The van der Waals surface area contributed by atoms with E-state index >= 15 is 0 Å². The molecule has 0 saturated carbocycles. The maximum absolute atomic E-state index is 2.46. The highest BCUT2D eigenvalue weighted by Crippen LogP contribution is 2.52. The molecule has 0 N–H and O–H groups in total. The van der Waals surface area contributed by atoms with Crippen LogP contribution >= 0.6 is 11.3 Å². The molecular formula is C49H34S. The van der Waals surface area contributed by atoms with Crippen LogP contribution in [0.4, 0.5) is 0 Å². The zero-order chi connectivity index (χ0) is 33.4. The van der Waals surface area contributed by atoms with E-state index in [1.165, 1.54) is 97.0 Å². The van der Waals surface area contributed by atoms with E-state index < -0.39 is 0 Å². The van der Waals surface area contributed by atoms with Gasteiger partial charge in [-0.3, -0.25) is 0 Å². The Morgan fingerprint density at radius 2 is 0.940 bits per heavy atom. The van der Waals surface area contributed by atoms with E-state index in [2.05, 4.69) is 184 Å². The smallest absolute Gasteiger partial charge is 0.0361 e. The summed E-state index contributed by atoms with van der Waals surface area (Å²) in [6.07, 6.45) is 0.